The Morgan fingerprint density at radius 2 is 2.26 bits per heavy atom. The summed E-state index contributed by atoms with van der Waals surface area (Å²) in [5.74, 6) is 0.961. The second-order valence-electron chi connectivity index (χ2n) is 5.61. The first-order chi connectivity index (χ1) is 11.2. The molecular weight excluding hydrogens is 320 g/mol. The summed E-state index contributed by atoms with van der Waals surface area (Å²) >= 11 is 6.17. The highest BCUT2D eigenvalue weighted by Gasteiger charge is 2.28. The topological polar surface area (TPSA) is 69.5 Å². The number of halogens is 1. The normalized spacial score (nSPS) is 19.9. The van der Waals surface area contributed by atoms with Crippen molar-refractivity contribution in [2.24, 2.45) is 0 Å². The molecule has 23 heavy (non-hydrogen) atoms. The number of nitrogens with zero attached hydrogens (tertiary/aromatic N) is 4. The van der Waals surface area contributed by atoms with Gasteiger partial charge in [-0.1, -0.05) is 11.6 Å². The second-order valence-corrected chi connectivity index (χ2v) is 6.02. The number of aromatic nitrogens is 3. The molecule has 4 rings (SSSR count). The van der Waals surface area contributed by atoms with Gasteiger partial charge in [0.05, 0.1) is 11.1 Å². The molecule has 8 heteroatoms. The molecule has 1 fully saturated rings. The smallest absolute Gasteiger partial charge is 0.254 e. The highest BCUT2D eigenvalue weighted by Crippen LogP contribution is 2.40. The maximum atomic E-state index is 12.8. The highest BCUT2D eigenvalue weighted by atomic mass is 35.5. The number of carbonyl (C=O) groups is 1. The van der Waals surface area contributed by atoms with E-state index < -0.39 is 0 Å². The second kappa shape index (κ2) is 5.73. The quantitative estimate of drug-likeness (QED) is 0.841. The lowest BCUT2D eigenvalue weighted by atomic mass is 10.0. The van der Waals surface area contributed by atoms with Crippen LogP contribution >= 0.6 is 11.6 Å². The van der Waals surface area contributed by atoms with E-state index in [4.69, 9.17) is 21.1 Å². The summed E-state index contributed by atoms with van der Waals surface area (Å²) in [6, 6.07) is 3.48. The summed E-state index contributed by atoms with van der Waals surface area (Å²) in [7, 11) is 0. The number of likely N-dealkylation sites (tertiary alicyclic amines) is 1. The Kier molecular flexibility index (Phi) is 3.57. The molecule has 1 aromatic heterocycles. The number of rotatable bonds is 2. The van der Waals surface area contributed by atoms with E-state index in [1.807, 2.05) is 9.58 Å². The monoisotopic (exact) mass is 334 g/mol. The van der Waals surface area contributed by atoms with Crippen LogP contribution in [0.2, 0.25) is 5.02 Å². The lowest BCUT2D eigenvalue weighted by Crippen LogP contribution is -2.40. The van der Waals surface area contributed by atoms with Crippen LogP contribution < -0.4 is 9.47 Å². The van der Waals surface area contributed by atoms with Crippen LogP contribution in [-0.4, -0.2) is 45.5 Å². The number of benzene rings is 1. The molecule has 3 heterocycles. The number of piperidine rings is 1. The van der Waals surface area contributed by atoms with Crippen molar-refractivity contribution in [3.63, 3.8) is 0 Å². The van der Waals surface area contributed by atoms with Crippen molar-refractivity contribution in [2.75, 3.05) is 19.9 Å². The third-order valence-corrected chi connectivity index (χ3v) is 4.45. The zero-order valence-electron chi connectivity index (χ0n) is 12.3. The van der Waals surface area contributed by atoms with Gasteiger partial charge in [-0.2, -0.15) is 5.10 Å². The van der Waals surface area contributed by atoms with E-state index >= 15 is 0 Å². The van der Waals surface area contributed by atoms with Gasteiger partial charge in [0.1, 0.15) is 12.7 Å². The van der Waals surface area contributed by atoms with Gasteiger partial charge in [0.2, 0.25) is 6.79 Å². The van der Waals surface area contributed by atoms with Crippen molar-refractivity contribution < 1.29 is 14.3 Å². The molecule has 0 N–H and O–H groups in total. The molecule has 1 aromatic carbocycles. The van der Waals surface area contributed by atoms with Crippen LogP contribution in [0.15, 0.2) is 24.8 Å². The van der Waals surface area contributed by atoms with E-state index in [0.717, 1.165) is 19.4 Å². The Morgan fingerprint density at radius 1 is 1.35 bits per heavy atom. The summed E-state index contributed by atoms with van der Waals surface area (Å²) in [6.07, 6.45) is 5.11. The Balaban J connectivity index is 1.56. The van der Waals surface area contributed by atoms with Crippen LogP contribution in [0.4, 0.5) is 0 Å². The van der Waals surface area contributed by atoms with Crippen molar-refractivity contribution in [3.8, 4) is 11.5 Å². The van der Waals surface area contributed by atoms with E-state index in [-0.39, 0.29) is 18.7 Å². The summed E-state index contributed by atoms with van der Waals surface area (Å²) in [4.78, 5) is 18.6. The van der Waals surface area contributed by atoms with Crippen LogP contribution in [0.3, 0.4) is 0 Å². The molecule has 1 saturated heterocycles. The van der Waals surface area contributed by atoms with Gasteiger partial charge < -0.3 is 14.4 Å². The first kappa shape index (κ1) is 14.3. The van der Waals surface area contributed by atoms with Gasteiger partial charge in [0.15, 0.2) is 11.5 Å². The number of hydrogen-bond acceptors (Lipinski definition) is 5. The fraction of sp³-hybridized carbons (Fsp3) is 0.400. The summed E-state index contributed by atoms with van der Waals surface area (Å²) in [6.45, 7) is 1.45. The molecule has 0 unspecified atom stereocenters. The first-order valence-electron chi connectivity index (χ1n) is 7.45. The molecule has 0 saturated carbocycles. The summed E-state index contributed by atoms with van der Waals surface area (Å²) in [5, 5.41) is 4.57. The molecule has 1 atom stereocenters. The van der Waals surface area contributed by atoms with Gasteiger partial charge >= 0.3 is 0 Å². The molecular formula is C15H15ClN4O3. The molecule has 120 valence electrons. The van der Waals surface area contributed by atoms with Crippen molar-refractivity contribution in [2.45, 2.75) is 18.9 Å². The summed E-state index contributed by atoms with van der Waals surface area (Å²) in [5.41, 5.74) is 0.512. The minimum absolute atomic E-state index is 0.0602. The Labute approximate surface area is 137 Å². The van der Waals surface area contributed by atoms with Crippen molar-refractivity contribution in [1.82, 2.24) is 19.7 Å². The van der Waals surface area contributed by atoms with Gasteiger partial charge in [-0.25, -0.2) is 9.67 Å². The largest absolute Gasteiger partial charge is 0.454 e. The molecule has 2 aromatic rings. The Bertz CT molecular complexity index is 735. The minimum atomic E-state index is -0.0602. The van der Waals surface area contributed by atoms with Gasteiger partial charge in [-0.3, -0.25) is 4.79 Å². The molecule has 0 radical (unpaired) electrons. The zero-order chi connectivity index (χ0) is 15.8. The van der Waals surface area contributed by atoms with E-state index in [1.165, 1.54) is 6.33 Å². The zero-order valence-corrected chi connectivity index (χ0v) is 13.1. The Hall–Kier alpha value is -2.28. The van der Waals surface area contributed by atoms with Crippen molar-refractivity contribution >= 4 is 17.5 Å². The van der Waals surface area contributed by atoms with Gasteiger partial charge in [-0.15, -0.1) is 0 Å². The highest BCUT2D eigenvalue weighted by molar-refractivity contribution is 6.32. The first-order valence-corrected chi connectivity index (χ1v) is 7.82. The lowest BCUT2D eigenvalue weighted by Gasteiger charge is -2.32. The van der Waals surface area contributed by atoms with Gasteiger partial charge in [0.25, 0.3) is 5.91 Å². The SMILES string of the molecule is O=C(c1cc(Cl)c2c(c1)OCO2)N1CCC[C@H](n2cncn2)C1. The average molecular weight is 335 g/mol. The third-order valence-electron chi connectivity index (χ3n) is 4.17. The van der Waals surface area contributed by atoms with Gasteiger partial charge in [-0.05, 0) is 25.0 Å². The molecule has 1 amide bonds. The number of fused-ring (bicyclic) bond motifs is 1. The van der Waals surface area contributed by atoms with Gasteiger partial charge in [0, 0.05) is 18.7 Å². The molecule has 7 nitrogen and oxygen atoms in total. The fourth-order valence-corrected chi connectivity index (χ4v) is 3.30. The fourth-order valence-electron chi connectivity index (χ4n) is 3.03. The molecule has 2 aliphatic heterocycles. The van der Waals surface area contributed by atoms with E-state index in [0.29, 0.717) is 28.6 Å². The third kappa shape index (κ3) is 2.61. The maximum Gasteiger partial charge on any atom is 0.254 e. The molecule has 0 bridgehead atoms. The number of ether oxygens (including phenoxy) is 2. The maximum absolute atomic E-state index is 12.8. The number of amides is 1. The minimum Gasteiger partial charge on any atom is -0.454 e. The Morgan fingerprint density at radius 3 is 3.09 bits per heavy atom. The molecule has 0 spiro atoms. The predicted octanol–water partition coefficient (Wildman–Crippen LogP) is 2.14. The standard InChI is InChI=1S/C15H15ClN4O3/c16-12-4-10(5-13-14(12)23-9-22-13)15(21)19-3-1-2-11(6-19)20-8-17-7-18-20/h4-5,7-8,11H,1-3,6,9H2/t11-/m0/s1. The number of carbonyl (C=O) groups excluding carboxylic acids is 1. The van der Waals surface area contributed by atoms with E-state index in [9.17, 15) is 4.79 Å². The lowest BCUT2D eigenvalue weighted by molar-refractivity contribution is 0.0672. The van der Waals surface area contributed by atoms with E-state index in [1.54, 1.807) is 18.5 Å². The summed E-state index contributed by atoms with van der Waals surface area (Å²) < 4.78 is 12.4. The molecule has 2 aliphatic rings. The van der Waals surface area contributed by atoms with Crippen LogP contribution in [-0.2, 0) is 0 Å². The van der Waals surface area contributed by atoms with Crippen molar-refractivity contribution in [3.05, 3.63) is 35.4 Å². The predicted molar refractivity (Wildman–Crippen MR) is 81.8 cm³/mol. The van der Waals surface area contributed by atoms with Crippen LogP contribution in [0, 0.1) is 0 Å². The van der Waals surface area contributed by atoms with Crippen LogP contribution in [0.5, 0.6) is 11.5 Å². The van der Waals surface area contributed by atoms with Crippen molar-refractivity contribution in [1.29, 1.82) is 0 Å². The van der Waals surface area contributed by atoms with E-state index in [2.05, 4.69) is 10.1 Å². The molecule has 0 aliphatic carbocycles. The van der Waals surface area contributed by atoms with Crippen LogP contribution in [0.1, 0.15) is 29.2 Å². The number of hydrogen-bond donors (Lipinski definition) is 0. The van der Waals surface area contributed by atoms with Crippen LogP contribution in [0.25, 0.3) is 0 Å². The average Bonchev–Trinajstić information content (AvgIpc) is 3.25.